The molecule has 0 fully saturated rings. The second kappa shape index (κ2) is 5.94. The summed E-state index contributed by atoms with van der Waals surface area (Å²) in [6, 6.07) is 19.0. The molecule has 0 radical (unpaired) electrons. The van der Waals surface area contributed by atoms with Crippen LogP contribution in [0.3, 0.4) is 0 Å². The highest BCUT2D eigenvalue weighted by atomic mass is 16.3. The molecule has 0 saturated heterocycles. The van der Waals surface area contributed by atoms with Crippen molar-refractivity contribution in [3.05, 3.63) is 82.8 Å². The van der Waals surface area contributed by atoms with Gasteiger partial charge in [0.05, 0.1) is 6.10 Å². The maximum atomic E-state index is 12.4. The van der Waals surface area contributed by atoms with Crippen molar-refractivity contribution >= 4 is 10.8 Å². The van der Waals surface area contributed by atoms with Crippen molar-refractivity contribution in [2.45, 2.75) is 19.1 Å². The molecule has 0 aliphatic rings. The van der Waals surface area contributed by atoms with Gasteiger partial charge in [-0.15, -0.1) is 0 Å². The predicted molar refractivity (Wildman–Crippen MR) is 84.2 cm³/mol. The molecule has 0 saturated carbocycles. The summed E-state index contributed by atoms with van der Waals surface area (Å²) in [5.41, 5.74) is 0.875. The van der Waals surface area contributed by atoms with Crippen LogP contribution < -0.4 is 5.56 Å². The molecule has 1 atom stereocenters. The van der Waals surface area contributed by atoms with Crippen molar-refractivity contribution in [3.63, 3.8) is 0 Å². The fraction of sp³-hybridized carbons (Fsp3) is 0.167. The van der Waals surface area contributed by atoms with Crippen LogP contribution in [-0.2, 0) is 6.54 Å². The van der Waals surface area contributed by atoms with E-state index in [4.69, 9.17) is 0 Å². The summed E-state index contributed by atoms with van der Waals surface area (Å²) >= 11 is 0. The van der Waals surface area contributed by atoms with Crippen LogP contribution in [0.4, 0.5) is 0 Å². The lowest BCUT2D eigenvalue weighted by Gasteiger charge is -2.12. The topological polar surface area (TPSA) is 42.2 Å². The molecular weight excluding hydrogens is 262 g/mol. The standard InChI is InChI=1S/C18H17NO2/c20-17(15-7-2-1-3-8-15)11-13-19-12-10-14-6-4-5-9-16(14)18(19)21/h1-10,12,17,20H,11,13H2. The third kappa shape index (κ3) is 2.88. The molecule has 3 rings (SSSR count). The van der Waals surface area contributed by atoms with E-state index in [1.165, 1.54) is 0 Å². The van der Waals surface area contributed by atoms with E-state index in [0.717, 1.165) is 10.9 Å². The van der Waals surface area contributed by atoms with Gasteiger partial charge >= 0.3 is 0 Å². The number of aryl methyl sites for hydroxylation is 1. The number of fused-ring (bicyclic) bond motifs is 1. The van der Waals surface area contributed by atoms with E-state index in [2.05, 4.69) is 0 Å². The first-order chi connectivity index (χ1) is 10.3. The van der Waals surface area contributed by atoms with Crippen LogP contribution in [-0.4, -0.2) is 9.67 Å². The number of hydrogen-bond donors (Lipinski definition) is 1. The van der Waals surface area contributed by atoms with E-state index in [9.17, 15) is 9.90 Å². The second-order valence-electron chi connectivity index (χ2n) is 5.12. The van der Waals surface area contributed by atoms with E-state index < -0.39 is 6.10 Å². The first-order valence-electron chi connectivity index (χ1n) is 7.07. The Hall–Kier alpha value is -2.39. The lowest BCUT2D eigenvalue weighted by Crippen LogP contribution is -2.20. The van der Waals surface area contributed by atoms with E-state index in [-0.39, 0.29) is 5.56 Å². The molecule has 1 N–H and O–H groups in total. The van der Waals surface area contributed by atoms with Gasteiger partial charge in [0.15, 0.2) is 0 Å². The molecule has 0 bridgehead atoms. The van der Waals surface area contributed by atoms with Gasteiger partial charge in [0.1, 0.15) is 0 Å². The van der Waals surface area contributed by atoms with Crippen molar-refractivity contribution < 1.29 is 5.11 Å². The molecule has 106 valence electrons. The Morgan fingerprint density at radius 2 is 1.67 bits per heavy atom. The zero-order chi connectivity index (χ0) is 14.7. The van der Waals surface area contributed by atoms with Gasteiger partial charge in [0.25, 0.3) is 5.56 Å². The highest BCUT2D eigenvalue weighted by molar-refractivity contribution is 5.81. The highest BCUT2D eigenvalue weighted by Crippen LogP contribution is 2.16. The molecule has 3 aromatic rings. The van der Waals surface area contributed by atoms with Gasteiger partial charge in [-0.1, -0.05) is 48.5 Å². The molecule has 3 nitrogen and oxygen atoms in total. The Morgan fingerprint density at radius 3 is 2.48 bits per heavy atom. The molecule has 1 unspecified atom stereocenters. The molecular formula is C18H17NO2. The summed E-state index contributed by atoms with van der Waals surface area (Å²) < 4.78 is 1.66. The SMILES string of the molecule is O=c1c2ccccc2ccn1CCC(O)c1ccccc1. The van der Waals surface area contributed by atoms with Crippen molar-refractivity contribution in [3.8, 4) is 0 Å². The minimum absolute atomic E-state index is 0.00615. The molecule has 0 spiro atoms. The van der Waals surface area contributed by atoms with Crippen LogP contribution in [0.1, 0.15) is 18.1 Å². The molecule has 21 heavy (non-hydrogen) atoms. The van der Waals surface area contributed by atoms with Gasteiger partial charge < -0.3 is 9.67 Å². The number of rotatable bonds is 4. The minimum Gasteiger partial charge on any atom is -0.388 e. The molecule has 0 aliphatic carbocycles. The van der Waals surface area contributed by atoms with Gasteiger partial charge in [-0.2, -0.15) is 0 Å². The summed E-state index contributed by atoms with van der Waals surface area (Å²) in [6.45, 7) is 0.500. The summed E-state index contributed by atoms with van der Waals surface area (Å²) in [7, 11) is 0. The van der Waals surface area contributed by atoms with Gasteiger partial charge in [-0.05, 0) is 29.5 Å². The molecule has 2 aromatic carbocycles. The minimum atomic E-state index is -0.551. The largest absolute Gasteiger partial charge is 0.388 e. The van der Waals surface area contributed by atoms with E-state index in [0.29, 0.717) is 18.4 Å². The Bertz CT molecular complexity index is 793. The normalized spacial score (nSPS) is 12.4. The average molecular weight is 279 g/mol. The number of aliphatic hydroxyl groups excluding tert-OH is 1. The first-order valence-corrected chi connectivity index (χ1v) is 7.07. The number of aromatic nitrogens is 1. The Labute approximate surface area is 123 Å². The Morgan fingerprint density at radius 1 is 0.952 bits per heavy atom. The molecule has 1 heterocycles. The zero-order valence-electron chi connectivity index (χ0n) is 11.6. The molecule has 0 aliphatic heterocycles. The summed E-state index contributed by atoms with van der Waals surface area (Å²) in [6.07, 6.45) is 1.76. The number of pyridine rings is 1. The summed E-state index contributed by atoms with van der Waals surface area (Å²) in [5, 5.41) is 11.8. The van der Waals surface area contributed by atoms with Gasteiger partial charge in [0.2, 0.25) is 0 Å². The van der Waals surface area contributed by atoms with Crippen molar-refractivity contribution in [1.29, 1.82) is 0 Å². The first kappa shape index (κ1) is 13.6. The second-order valence-corrected chi connectivity index (χ2v) is 5.12. The molecule has 3 heteroatoms. The van der Waals surface area contributed by atoms with Crippen LogP contribution >= 0.6 is 0 Å². The lowest BCUT2D eigenvalue weighted by molar-refractivity contribution is 0.160. The smallest absolute Gasteiger partial charge is 0.258 e. The van der Waals surface area contributed by atoms with Crippen LogP contribution in [0, 0.1) is 0 Å². The van der Waals surface area contributed by atoms with Crippen molar-refractivity contribution in [2.24, 2.45) is 0 Å². The van der Waals surface area contributed by atoms with Crippen LogP contribution in [0.15, 0.2) is 71.7 Å². The maximum Gasteiger partial charge on any atom is 0.258 e. The monoisotopic (exact) mass is 279 g/mol. The van der Waals surface area contributed by atoms with E-state index >= 15 is 0 Å². The predicted octanol–water partition coefficient (Wildman–Crippen LogP) is 3.13. The Balaban J connectivity index is 1.80. The van der Waals surface area contributed by atoms with Gasteiger partial charge in [0, 0.05) is 18.1 Å². The molecule has 0 amide bonds. The van der Waals surface area contributed by atoms with Crippen LogP contribution in [0.25, 0.3) is 10.8 Å². The quantitative estimate of drug-likeness (QED) is 0.797. The average Bonchev–Trinajstić information content (AvgIpc) is 2.55. The van der Waals surface area contributed by atoms with Crippen LogP contribution in [0.5, 0.6) is 0 Å². The molecule has 1 aromatic heterocycles. The third-order valence-corrected chi connectivity index (χ3v) is 3.71. The maximum absolute atomic E-state index is 12.4. The summed E-state index contributed by atoms with van der Waals surface area (Å²) in [4.78, 5) is 12.4. The van der Waals surface area contributed by atoms with Gasteiger partial charge in [-0.3, -0.25) is 4.79 Å². The fourth-order valence-corrected chi connectivity index (χ4v) is 2.51. The third-order valence-electron chi connectivity index (χ3n) is 3.71. The number of benzene rings is 2. The summed E-state index contributed by atoms with van der Waals surface area (Å²) in [5.74, 6) is 0. The number of aliphatic hydroxyl groups is 1. The Kier molecular flexibility index (Phi) is 3.84. The van der Waals surface area contributed by atoms with E-state index in [1.54, 1.807) is 10.8 Å². The van der Waals surface area contributed by atoms with Crippen molar-refractivity contribution in [1.82, 2.24) is 4.57 Å². The number of hydrogen-bond acceptors (Lipinski definition) is 2. The fourth-order valence-electron chi connectivity index (χ4n) is 2.51. The lowest BCUT2D eigenvalue weighted by atomic mass is 10.1. The van der Waals surface area contributed by atoms with Crippen molar-refractivity contribution in [2.75, 3.05) is 0 Å². The van der Waals surface area contributed by atoms with E-state index in [1.807, 2.05) is 60.7 Å². The van der Waals surface area contributed by atoms with Crippen LogP contribution in [0.2, 0.25) is 0 Å². The number of nitrogens with zero attached hydrogens (tertiary/aromatic N) is 1. The highest BCUT2D eigenvalue weighted by Gasteiger charge is 2.08. The van der Waals surface area contributed by atoms with Gasteiger partial charge in [-0.25, -0.2) is 0 Å². The zero-order valence-corrected chi connectivity index (χ0v) is 11.6.